The van der Waals surface area contributed by atoms with E-state index in [9.17, 15) is 9.59 Å². The maximum atomic E-state index is 11.9. The first-order valence-corrected chi connectivity index (χ1v) is 5.21. The van der Waals surface area contributed by atoms with Crippen molar-refractivity contribution < 1.29 is 9.59 Å². The van der Waals surface area contributed by atoms with E-state index in [1.807, 2.05) is 0 Å². The second-order valence-corrected chi connectivity index (χ2v) is 4.21. The van der Waals surface area contributed by atoms with E-state index in [1.165, 1.54) is 4.90 Å². The van der Waals surface area contributed by atoms with Crippen molar-refractivity contribution in [3.05, 3.63) is 0 Å². The smallest absolute Gasteiger partial charge is 0.275 e. The van der Waals surface area contributed by atoms with Crippen molar-refractivity contribution in [3.63, 3.8) is 0 Å². The number of rotatable bonds is 1. The van der Waals surface area contributed by atoms with Crippen LogP contribution in [0, 0.1) is 5.92 Å². The molecule has 3 aliphatic rings. The minimum Gasteiger partial charge on any atom is -0.283 e. The second-order valence-electron chi connectivity index (χ2n) is 4.21. The number of amides is 2. The van der Waals surface area contributed by atoms with Crippen molar-refractivity contribution in [2.24, 2.45) is 10.9 Å². The summed E-state index contributed by atoms with van der Waals surface area (Å²) in [6.45, 7) is 0.712. The standard InChI is InChI=1S/C10H12N2O2/c13-9-7-2-1-5-11-8(7)10(14)12(9)6-3-4-6/h6-7H,1-5H2. The van der Waals surface area contributed by atoms with Gasteiger partial charge in [0, 0.05) is 12.6 Å². The number of likely N-dealkylation sites (tertiary alicyclic amines) is 1. The van der Waals surface area contributed by atoms with Crippen LogP contribution in [0.4, 0.5) is 0 Å². The molecule has 1 unspecified atom stereocenters. The number of imide groups is 1. The molecule has 2 aliphatic heterocycles. The highest BCUT2D eigenvalue weighted by molar-refractivity contribution is 6.50. The van der Waals surface area contributed by atoms with E-state index < -0.39 is 0 Å². The normalized spacial score (nSPS) is 31.9. The van der Waals surface area contributed by atoms with E-state index >= 15 is 0 Å². The molecule has 74 valence electrons. The molecule has 3 rings (SSSR count). The summed E-state index contributed by atoms with van der Waals surface area (Å²) in [5.41, 5.74) is 0.535. The molecule has 1 aliphatic carbocycles. The van der Waals surface area contributed by atoms with Gasteiger partial charge in [0.15, 0.2) is 0 Å². The third-order valence-electron chi connectivity index (χ3n) is 3.15. The van der Waals surface area contributed by atoms with Gasteiger partial charge < -0.3 is 0 Å². The zero-order valence-corrected chi connectivity index (χ0v) is 7.90. The van der Waals surface area contributed by atoms with Gasteiger partial charge in [0.25, 0.3) is 5.91 Å². The second kappa shape index (κ2) is 2.65. The first-order chi connectivity index (χ1) is 6.79. The number of carbonyl (C=O) groups excluding carboxylic acids is 2. The van der Waals surface area contributed by atoms with Gasteiger partial charge in [-0.05, 0) is 25.7 Å². The summed E-state index contributed by atoms with van der Waals surface area (Å²) in [7, 11) is 0. The average molecular weight is 192 g/mol. The SMILES string of the molecule is O=C1C2=NCCCC2C(=O)N1C1CC1. The summed E-state index contributed by atoms with van der Waals surface area (Å²) in [6.07, 6.45) is 3.72. The van der Waals surface area contributed by atoms with E-state index in [1.54, 1.807) is 0 Å². The average Bonchev–Trinajstić information content (AvgIpc) is 2.99. The van der Waals surface area contributed by atoms with Gasteiger partial charge in [-0.15, -0.1) is 0 Å². The number of fused-ring (bicyclic) bond motifs is 1. The van der Waals surface area contributed by atoms with Crippen LogP contribution in [-0.4, -0.2) is 35.0 Å². The monoisotopic (exact) mass is 192 g/mol. The van der Waals surface area contributed by atoms with Gasteiger partial charge in [0.05, 0.1) is 5.92 Å². The van der Waals surface area contributed by atoms with Crippen molar-refractivity contribution in [2.75, 3.05) is 6.54 Å². The maximum Gasteiger partial charge on any atom is 0.275 e. The fraction of sp³-hybridized carbons (Fsp3) is 0.700. The lowest BCUT2D eigenvalue weighted by atomic mass is 9.97. The third-order valence-corrected chi connectivity index (χ3v) is 3.15. The lowest BCUT2D eigenvalue weighted by Crippen LogP contribution is -2.33. The Morgan fingerprint density at radius 2 is 2.00 bits per heavy atom. The number of nitrogens with zero attached hydrogens (tertiary/aromatic N) is 2. The Labute approximate surface area is 82.0 Å². The number of aliphatic imine (C=N–C) groups is 1. The molecule has 2 fully saturated rings. The van der Waals surface area contributed by atoms with Gasteiger partial charge in [0.2, 0.25) is 5.91 Å². The number of hydrogen-bond acceptors (Lipinski definition) is 3. The van der Waals surface area contributed by atoms with Gasteiger partial charge >= 0.3 is 0 Å². The van der Waals surface area contributed by atoms with Crippen LogP contribution >= 0.6 is 0 Å². The molecule has 0 radical (unpaired) electrons. The topological polar surface area (TPSA) is 49.7 Å². The summed E-state index contributed by atoms with van der Waals surface area (Å²) in [4.78, 5) is 29.3. The van der Waals surface area contributed by atoms with Gasteiger partial charge in [-0.25, -0.2) is 0 Å². The maximum absolute atomic E-state index is 11.9. The highest BCUT2D eigenvalue weighted by Gasteiger charge is 2.50. The van der Waals surface area contributed by atoms with E-state index in [-0.39, 0.29) is 23.8 Å². The molecule has 1 saturated carbocycles. The summed E-state index contributed by atoms with van der Waals surface area (Å²) < 4.78 is 0. The molecule has 0 aromatic carbocycles. The van der Waals surface area contributed by atoms with E-state index in [0.717, 1.165) is 25.7 Å². The third kappa shape index (κ3) is 0.966. The van der Waals surface area contributed by atoms with Crippen LogP contribution in [0.1, 0.15) is 25.7 Å². The molecular formula is C10H12N2O2. The molecule has 0 aromatic heterocycles. The van der Waals surface area contributed by atoms with E-state index in [4.69, 9.17) is 0 Å². The molecule has 1 saturated heterocycles. The predicted molar refractivity (Wildman–Crippen MR) is 49.9 cm³/mol. The van der Waals surface area contributed by atoms with Gasteiger partial charge in [-0.2, -0.15) is 0 Å². The molecule has 2 amide bonds. The Morgan fingerprint density at radius 1 is 1.21 bits per heavy atom. The number of hydrogen-bond donors (Lipinski definition) is 0. The summed E-state index contributed by atoms with van der Waals surface area (Å²) in [5, 5.41) is 0. The molecule has 0 bridgehead atoms. The molecule has 0 spiro atoms. The van der Waals surface area contributed by atoms with E-state index in [2.05, 4.69) is 4.99 Å². The number of carbonyl (C=O) groups is 2. The summed E-state index contributed by atoms with van der Waals surface area (Å²) >= 11 is 0. The highest BCUT2D eigenvalue weighted by atomic mass is 16.2. The molecular weight excluding hydrogens is 180 g/mol. The Bertz CT molecular complexity index is 344. The van der Waals surface area contributed by atoms with Gasteiger partial charge in [0.1, 0.15) is 5.71 Å². The summed E-state index contributed by atoms with van der Waals surface area (Å²) in [5.74, 6) is -0.296. The minimum absolute atomic E-state index is 0.0101. The first-order valence-electron chi connectivity index (χ1n) is 5.21. The lowest BCUT2D eigenvalue weighted by molar-refractivity contribution is -0.139. The zero-order chi connectivity index (χ0) is 9.71. The van der Waals surface area contributed by atoms with Crippen LogP contribution < -0.4 is 0 Å². The van der Waals surface area contributed by atoms with Gasteiger partial charge in [-0.3, -0.25) is 19.5 Å². The molecule has 4 heteroatoms. The minimum atomic E-state index is -0.197. The van der Waals surface area contributed by atoms with Crippen LogP contribution in [0.2, 0.25) is 0 Å². The Kier molecular flexibility index (Phi) is 1.54. The molecule has 0 N–H and O–H groups in total. The largest absolute Gasteiger partial charge is 0.283 e. The molecule has 14 heavy (non-hydrogen) atoms. The van der Waals surface area contributed by atoms with Crippen molar-refractivity contribution >= 4 is 17.5 Å². The van der Waals surface area contributed by atoms with E-state index in [0.29, 0.717) is 12.3 Å². The van der Waals surface area contributed by atoms with Crippen molar-refractivity contribution in [1.82, 2.24) is 4.90 Å². The Morgan fingerprint density at radius 3 is 2.64 bits per heavy atom. The quantitative estimate of drug-likeness (QED) is 0.563. The van der Waals surface area contributed by atoms with Crippen LogP contribution in [0.3, 0.4) is 0 Å². The molecule has 1 atom stereocenters. The van der Waals surface area contributed by atoms with Crippen LogP contribution in [0.5, 0.6) is 0 Å². The zero-order valence-electron chi connectivity index (χ0n) is 7.90. The van der Waals surface area contributed by atoms with Crippen molar-refractivity contribution in [3.8, 4) is 0 Å². The Balaban J connectivity index is 1.97. The van der Waals surface area contributed by atoms with Crippen molar-refractivity contribution in [2.45, 2.75) is 31.7 Å². The Hall–Kier alpha value is -1.19. The van der Waals surface area contributed by atoms with Crippen LogP contribution in [-0.2, 0) is 9.59 Å². The highest BCUT2D eigenvalue weighted by Crippen LogP contribution is 2.35. The predicted octanol–water partition coefficient (Wildman–Crippen LogP) is 0.369. The lowest BCUT2D eigenvalue weighted by Gasteiger charge is -2.12. The van der Waals surface area contributed by atoms with Gasteiger partial charge in [-0.1, -0.05) is 0 Å². The van der Waals surface area contributed by atoms with Crippen molar-refractivity contribution in [1.29, 1.82) is 0 Å². The molecule has 0 aromatic rings. The van der Waals surface area contributed by atoms with Crippen LogP contribution in [0.25, 0.3) is 0 Å². The fourth-order valence-corrected chi connectivity index (χ4v) is 2.27. The molecule has 2 heterocycles. The first kappa shape index (κ1) is 8.15. The summed E-state index contributed by atoms with van der Waals surface area (Å²) in [6, 6.07) is 0.197. The fourth-order valence-electron chi connectivity index (χ4n) is 2.27. The molecule has 4 nitrogen and oxygen atoms in total. The van der Waals surface area contributed by atoms with Crippen LogP contribution in [0.15, 0.2) is 4.99 Å².